The molecule has 4 heterocycles. The molecule has 8 heteroatoms. The first-order chi connectivity index (χ1) is 14.5. The third-order valence-corrected chi connectivity index (χ3v) is 6.90. The Bertz CT molecular complexity index is 1000. The zero-order valence-electron chi connectivity index (χ0n) is 16.6. The smallest absolute Gasteiger partial charge is 0.370 e. The number of benzene rings is 1. The Balaban J connectivity index is 1.44. The number of hydrogen-bond donors (Lipinski definition) is 0. The summed E-state index contributed by atoms with van der Waals surface area (Å²) < 4.78 is 47.7. The number of aromatic nitrogens is 2. The Morgan fingerprint density at radius 1 is 1.13 bits per heavy atom. The lowest BCUT2D eigenvalue weighted by molar-refractivity contribution is -0.137. The summed E-state index contributed by atoms with van der Waals surface area (Å²) >= 11 is 1.71. The summed E-state index contributed by atoms with van der Waals surface area (Å²) in [6.07, 6.45) is -0.759. The van der Waals surface area contributed by atoms with Crippen LogP contribution in [0.3, 0.4) is 0 Å². The van der Waals surface area contributed by atoms with Crippen molar-refractivity contribution in [3.05, 3.63) is 52.0 Å². The summed E-state index contributed by atoms with van der Waals surface area (Å²) in [6, 6.07) is 6.32. The van der Waals surface area contributed by atoms with Crippen molar-refractivity contribution in [1.29, 1.82) is 0 Å². The lowest BCUT2D eigenvalue weighted by atomic mass is 10.0. The van der Waals surface area contributed by atoms with Gasteiger partial charge in [0, 0.05) is 32.3 Å². The Hall–Kier alpha value is -1.90. The maximum absolute atomic E-state index is 13.2. The van der Waals surface area contributed by atoms with E-state index in [1.54, 1.807) is 17.4 Å². The van der Waals surface area contributed by atoms with Gasteiger partial charge in [-0.3, -0.25) is 4.90 Å². The van der Waals surface area contributed by atoms with Crippen LogP contribution < -0.4 is 0 Å². The second-order valence-electron chi connectivity index (χ2n) is 8.18. The molecule has 2 saturated heterocycles. The zero-order chi connectivity index (χ0) is 20.7. The van der Waals surface area contributed by atoms with Gasteiger partial charge in [0.2, 0.25) is 0 Å². The zero-order valence-corrected chi connectivity index (χ0v) is 17.4. The van der Waals surface area contributed by atoms with Crippen LogP contribution in [0.15, 0.2) is 35.0 Å². The summed E-state index contributed by atoms with van der Waals surface area (Å²) in [5.74, 6) is 0.790. The molecule has 5 rings (SSSR count). The third kappa shape index (κ3) is 3.88. The number of alkyl halides is 3. The van der Waals surface area contributed by atoms with Crippen molar-refractivity contribution >= 4 is 22.4 Å². The van der Waals surface area contributed by atoms with Crippen LogP contribution in [-0.2, 0) is 17.5 Å². The van der Waals surface area contributed by atoms with Crippen molar-refractivity contribution < 1.29 is 17.9 Å². The van der Waals surface area contributed by atoms with Gasteiger partial charge in [0.1, 0.15) is 11.9 Å². The van der Waals surface area contributed by atoms with Crippen LogP contribution in [-0.4, -0.2) is 34.1 Å². The number of rotatable bonds is 4. The van der Waals surface area contributed by atoms with E-state index in [0.717, 1.165) is 56.7 Å². The maximum atomic E-state index is 13.2. The van der Waals surface area contributed by atoms with Gasteiger partial charge in [-0.05, 0) is 66.3 Å². The molecule has 0 bridgehead atoms. The summed E-state index contributed by atoms with van der Waals surface area (Å²) in [5.41, 5.74) is 1.89. The molecule has 1 atom stereocenters. The lowest BCUT2D eigenvalue weighted by Gasteiger charge is -2.34. The Morgan fingerprint density at radius 2 is 1.97 bits per heavy atom. The highest BCUT2D eigenvalue weighted by Gasteiger charge is 2.33. The Kier molecular flexibility index (Phi) is 5.33. The molecule has 4 nitrogen and oxygen atoms in total. The molecule has 2 aliphatic heterocycles. The molecule has 0 aliphatic carbocycles. The summed E-state index contributed by atoms with van der Waals surface area (Å²) in [6.45, 7) is 3.56. The number of nitrogens with zero attached hydrogens (tertiary/aromatic N) is 3. The van der Waals surface area contributed by atoms with Gasteiger partial charge in [-0.2, -0.15) is 24.5 Å². The first-order valence-corrected chi connectivity index (χ1v) is 11.4. The molecule has 2 aliphatic rings. The Labute approximate surface area is 177 Å². The molecule has 1 aromatic carbocycles. The summed E-state index contributed by atoms with van der Waals surface area (Å²) in [7, 11) is 0. The van der Waals surface area contributed by atoms with Crippen LogP contribution in [0.2, 0.25) is 0 Å². The minimum absolute atomic E-state index is 0.129. The highest BCUT2D eigenvalue weighted by atomic mass is 32.1. The van der Waals surface area contributed by atoms with Gasteiger partial charge in [-0.15, -0.1) is 0 Å². The largest absolute Gasteiger partial charge is 0.416 e. The number of thiophene rings is 1. The van der Waals surface area contributed by atoms with E-state index in [0.29, 0.717) is 12.1 Å². The van der Waals surface area contributed by atoms with E-state index in [1.165, 1.54) is 17.7 Å². The molecular formula is C22H24F3N3OS. The van der Waals surface area contributed by atoms with E-state index in [-0.39, 0.29) is 12.1 Å². The number of fused-ring (bicyclic) bond motifs is 1. The Morgan fingerprint density at radius 3 is 2.63 bits per heavy atom. The first-order valence-electron chi connectivity index (χ1n) is 10.4. The monoisotopic (exact) mass is 435 g/mol. The van der Waals surface area contributed by atoms with Gasteiger partial charge in [-0.1, -0.05) is 0 Å². The van der Waals surface area contributed by atoms with E-state index >= 15 is 0 Å². The summed E-state index contributed by atoms with van der Waals surface area (Å²) in [5, 5.41) is 4.28. The van der Waals surface area contributed by atoms with Crippen molar-refractivity contribution in [3.8, 4) is 0 Å². The van der Waals surface area contributed by atoms with E-state index in [2.05, 4.69) is 31.3 Å². The predicted molar refractivity (Wildman–Crippen MR) is 111 cm³/mol. The van der Waals surface area contributed by atoms with Gasteiger partial charge in [-0.25, -0.2) is 4.98 Å². The van der Waals surface area contributed by atoms with Crippen LogP contribution in [0.5, 0.6) is 0 Å². The normalized spacial score (nSPS) is 21.6. The van der Waals surface area contributed by atoms with E-state index in [1.807, 2.05) is 0 Å². The van der Waals surface area contributed by atoms with Crippen molar-refractivity contribution in [2.45, 2.75) is 50.6 Å². The second kappa shape index (κ2) is 7.98. The average molecular weight is 436 g/mol. The highest BCUT2D eigenvalue weighted by Crippen LogP contribution is 2.38. The third-order valence-electron chi connectivity index (χ3n) is 6.17. The molecule has 30 heavy (non-hydrogen) atoms. The number of imidazole rings is 1. The van der Waals surface area contributed by atoms with Crippen LogP contribution >= 0.6 is 11.3 Å². The maximum Gasteiger partial charge on any atom is 0.416 e. The quantitative estimate of drug-likeness (QED) is 0.518. The second-order valence-corrected chi connectivity index (χ2v) is 8.96. The van der Waals surface area contributed by atoms with Crippen LogP contribution in [0.4, 0.5) is 13.2 Å². The SMILES string of the molecule is FC(F)(F)c1ccc2c(c1)nc(C1CCCO1)n2C1CCN(Cc2ccsc2)CC1. The number of piperidine rings is 1. The van der Waals surface area contributed by atoms with Crippen LogP contribution in [0, 0.1) is 0 Å². The molecule has 0 saturated carbocycles. The minimum atomic E-state index is -4.37. The van der Waals surface area contributed by atoms with Gasteiger partial charge in [0.05, 0.1) is 16.6 Å². The fourth-order valence-electron chi connectivity index (χ4n) is 4.66. The van der Waals surface area contributed by atoms with E-state index in [4.69, 9.17) is 4.74 Å². The van der Waals surface area contributed by atoms with Gasteiger partial charge < -0.3 is 9.30 Å². The van der Waals surface area contributed by atoms with E-state index in [9.17, 15) is 13.2 Å². The molecule has 2 aromatic heterocycles. The molecule has 3 aromatic rings. The fraction of sp³-hybridized carbons (Fsp3) is 0.500. The first kappa shape index (κ1) is 20.0. The topological polar surface area (TPSA) is 30.3 Å². The minimum Gasteiger partial charge on any atom is -0.370 e. The molecule has 0 spiro atoms. The molecule has 1 unspecified atom stereocenters. The van der Waals surface area contributed by atoms with Crippen molar-refractivity contribution in [2.75, 3.05) is 19.7 Å². The molecule has 0 amide bonds. The van der Waals surface area contributed by atoms with Crippen molar-refractivity contribution in [1.82, 2.24) is 14.5 Å². The number of halogens is 3. The molecule has 0 radical (unpaired) electrons. The number of hydrogen-bond acceptors (Lipinski definition) is 4. The molecule has 2 fully saturated rings. The summed E-state index contributed by atoms with van der Waals surface area (Å²) in [4.78, 5) is 7.10. The van der Waals surface area contributed by atoms with Gasteiger partial charge >= 0.3 is 6.18 Å². The molecule has 0 N–H and O–H groups in total. The highest BCUT2D eigenvalue weighted by molar-refractivity contribution is 7.07. The number of likely N-dealkylation sites (tertiary alicyclic amines) is 1. The standard InChI is InChI=1S/C22H24F3N3OS/c23-22(24,25)16-3-4-19-18(12-16)26-21(20-2-1-10-29-20)28(19)17-5-8-27(9-6-17)13-15-7-11-30-14-15/h3-4,7,11-12,14,17,20H,1-2,5-6,8-10,13H2. The fourth-order valence-corrected chi connectivity index (χ4v) is 5.32. The van der Waals surface area contributed by atoms with Crippen molar-refractivity contribution in [3.63, 3.8) is 0 Å². The molecular weight excluding hydrogens is 411 g/mol. The van der Waals surface area contributed by atoms with Crippen LogP contribution in [0.1, 0.15) is 54.8 Å². The molecule has 160 valence electrons. The number of ether oxygens (including phenoxy) is 1. The van der Waals surface area contributed by atoms with Gasteiger partial charge in [0.15, 0.2) is 0 Å². The van der Waals surface area contributed by atoms with Gasteiger partial charge in [0.25, 0.3) is 0 Å². The predicted octanol–water partition coefficient (Wildman–Crippen LogP) is 5.81. The van der Waals surface area contributed by atoms with Crippen LogP contribution in [0.25, 0.3) is 11.0 Å². The lowest BCUT2D eigenvalue weighted by Crippen LogP contribution is -2.34. The van der Waals surface area contributed by atoms with Crippen molar-refractivity contribution in [2.24, 2.45) is 0 Å². The van der Waals surface area contributed by atoms with E-state index < -0.39 is 11.7 Å². The average Bonchev–Trinajstić information content (AvgIpc) is 3.48.